The van der Waals surface area contributed by atoms with E-state index in [2.05, 4.69) is 4.98 Å². The van der Waals surface area contributed by atoms with E-state index in [9.17, 15) is 8.78 Å². The Morgan fingerprint density at radius 1 is 1.62 bits per heavy atom. The lowest BCUT2D eigenvalue weighted by Gasteiger charge is -2.04. The summed E-state index contributed by atoms with van der Waals surface area (Å²) in [4.78, 5) is 3.54. The molecule has 1 aromatic heterocycles. The molecule has 13 heavy (non-hydrogen) atoms. The van der Waals surface area contributed by atoms with Crippen molar-refractivity contribution < 1.29 is 8.78 Å². The highest BCUT2D eigenvalue weighted by Crippen LogP contribution is 2.28. The topological polar surface area (TPSA) is 36.7 Å². The molecule has 0 unspecified atom stereocenters. The molecule has 0 atom stereocenters. The molecule has 0 bridgehead atoms. The molecule has 1 heterocycles. The average Bonchev–Trinajstić information content (AvgIpc) is 2.09. The summed E-state index contributed by atoms with van der Waals surface area (Å²) in [6, 6.07) is 1.67. The molecule has 0 saturated carbocycles. The van der Waals surface area contributed by atoms with Crippen LogP contribution in [0.3, 0.4) is 0 Å². The maximum absolute atomic E-state index is 12.3. The predicted molar refractivity (Wildman–Crippen MR) is 51.6 cm³/mol. The Balaban J connectivity index is 3.41. The minimum atomic E-state index is -2.70. The zero-order valence-electron chi connectivity index (χ0n) is 6.06. The molecule has 6 heteroatoms. The smallest absolute Gasteiger partial charge is 0.243 e. The summed E-state index contributed by atoms with van der Waals surface area (Å²) in [5, 5.41) is 8.67. The van der Waals surface area contributed by atoms with Gasteiger partial charge in [-0.05, 0) is 22.6 Å². The summed E-state index contributed by atoms with van der Waals surface area (Å²) in [6.45, 7) is 0. The summed E-state index contributed by atoms with van der Waals surface area (Å²) in [7, 11) is 0. The maximum atomic E-state index is 12.3. The van der Waals surface area contributed by atoms with E-state index in [0.29, 0.717) is 0 Å². The molecular formula is C7H2ClF2IN2. The van der Waals surface area contributed by atoms with Crippen molar-refractivity contribution in [3.05, 3.63) is 26.0 Å². The summed E-state index contributed by atoms with van der Waals surface area (Å²) in [6.07, 6.45) is -1.78. The number of aromatic nitrogens is 1. The molecular weight excluding hydrogens is 312 g/mol. The third kappa shape index (κ3) is 2.06. The largest absolute Gasteiger partial charge is 0.266 e. The molecule has 0 aromatic carbocycles. The fraction of sp³-hybridized carbons (Fsp3) is 0.143. The fourth-order valence-electron chi connectivity index (χ4n) is 0.756. The van der Waals surface area contributed by atoms with E-state index < -0.39 is 6.43 Å². The van der Waals surface area contributed by atoms with E-state index in [1.54, 1.807) is 28.7 Å². The first-order valence-corrected chi connectivity index (χ1v) is 4.55. The van der Waals surface area contributed by atoms with Crippen molar-refractivity contribution in [2.24, 2.45) is 0 Å². The number of nitriles is 1. The highest BCUT2D eigenvalue weighted by atomic mass is 127. The molecule has 2 nitrogen and oxygen atoms in total. The quantitative estimate of drug-likeness (QED) is 0.590. The van der Waals surface area contributed by atoms with Gasteiger partial charge in [0, 0.05) is 6.20 Å². The van der Waals surface area contributed by atoms with Gasteiger partial charge in [0.2, 0.25) is 0 Å². The molecule has 0 N–H and O–H groups in total. The Morgan fingerprint density at radius 2 is 2.23 bits per heavy atom. The van der Waals surface area contributed by atoms with Gasteiger partial charge in [0.15, 0.2) is 0 Å². The van der Waals surface area contributed by atoms with Crippen LogP contribution in [0.15, 0.2) is 6.20 Å². The van der Waals surface area contributed by atoms with Crippen molar-refractivity contribution in [1.29, 1.82) is 5.26 Å². The highest BCUT2D eigenvalue weighted by molar-refractivity contribution is 14.1. The molecule has 0 aliphatic heterocycles. The third-order valence-corrected chi connectivity index (χ3v) is 3.01. The third-order valence-electron chi connectivity index (χ3n) is 1.35. The lowest BCUT2D eigenvalue weighted by atomic mass is 10.2. The number of alkyl halides is 2. The van der Waals surface area contributed by atoms with E-state index in [1.807, 2.05) is 0 Å². The molecule has 0 spiro atoms. The fourth-order valence-corrected chi connectivity index (χ4v) is 1.47. The molecule has 1 aromatic rings. The molecule has 0 fully saturated rings. The number of hydrogen-bond donors (Lipinski definition) is 0. The second-order valence-corrected chi connectivity index (χ2v) is 3.54. The van der Waals surface area contributed by atoms with Crippen molar-refractivity contribution in [1.82, 2.24) is 4.98 Å². The van der Waals surface area contributed by atoms with Gasteiger partial charge < -0.3 is 0 Å². The zero-order valence-corrected chi connectivity index (χ0v) is 8.97. The van der Waals surface area contributed by atoms with Gasteiger partial charge in [-0.25, -0.2) is 13.8 Å². The summed E-state index contributed by atoms with van der Waals surface area (Å²) in [5.74, 6) is 0. The zero-order chi connectivity index (χ0) is 10.0. The van der Waals surface area contributed by atoms with Crippen LogP contribution in [0.1, 0.15) is 17.6 Å². The van der Waals surface area contributed by atoms with Crippen molar-refractivity contribution in [3.63, 3.8) is 0 Å². The van der Waals surface area contributed by atoms with Crippen LogP contribution in [-0.2, 0) is 0 Å². The maximum Gasteiger partial charge on any atom is 0.266 e. The number of hydrogen-bond acceptors (Lipinski definition) is 2. The van der Waals surface area contributed by atoms with E-state index in [1.165, 1.54) is 0 Å². The van der Waals surface area contributed by atoms with Crippen LogP contribution < -0.4 is 0 Å². The highest BCUT2D eigenvalue weighted by Gasteiger charge is 2.17. The summed E-state index contributed by atoms with van der Waals surface area (Å²) >= 11 is 7.27. The van der Waals surface area contributed by atoms with E-state index in [4.69, 9.17) is 16.9 Å². The van der Waals surface area contributed by atoms with Gasteiger partial charge in [0.05, 0.1) is 14.7 Å². The van der Waals surface area contributed by atoms with Gasteiger partial charge in [-0.1, -0.05) is 11.6 Å². The first-order valence-electron chi connectivity index (χ1n) is 3.10. The van der Waals surface area contributed by atoms with Crippen LogP contribution in [0.2, 0.25) is 5.15 Å². The van der Waals surface area contributed by atoms with Crippen LogP contribution in [0, 0.1) is 14.9 Å². The minimum Gasteiger partial charge on any atom is -0.243 e. The van der Waals surface area contributed by atoms with E-state index in [0.717, 1.165) is 6.20 Å². The van der Waals surface area contributed by atoms with Gasteiger partial charge >= 0.3 is 0 Å². The molecule has 0 aliphatic rings. The standard InChI is InChI=1S/C7H2ClF2IN2/c8-6-5(11)3(1-12)4(2-13-6)7(9)10/h2,7H. The monoisotopic (exact) mass is 314 g/mol. The van der Waals surface area contributed by atoms with Crippen molar-refractivity contribution >= 4 is 34.2 Å². The van der Waals surface area contributed by atoms with Crippen LogP contribution in [0.5, 0.6) is 0 Å². The second kappa shape index (κ2) is 4.15. The molecule has 1 rings (SSSR count). The SMILES string of the molecule is N#Cc1c(C(F)F)cnc(Cl)c1I. The van der Waals surface area contributed by atoms with E-state index >= 15 is 0 Å². The van der Waals surface area contributed by atoms with Gasteiger partial charge in [-0.3, -0.25) is 0 Å². The normalized spacial score (nSPS) is 10.2. The van der Waals surface area contributed by atoms with Crippen LogP contribution in [-0.4, -0.2) is 4.98 Å². The first kappa shape index (κ1) is 10.6. The minimum absolute atomic E-state index is 0.0709. The Labute approximate surface area is 91.7 Å². The lowest BCUT2D eigenvalue weighted by Crippen LogP contribution is -1.96. The molecule has 0 amide bonds. The first-order chi connectivity index (χ1) is 6.07. The molecule has 0 radical (unpaired) electrons. The van der Waals surface area contributed by atoms with Gasteiger partial charge in [0.1, 0.15) is 11.2 Å². The van der Waals surface area contributed by atoms with Crippen LogP contribution >= 0.6 is 34.2 Å². The van der Waals surface area contributed by atoms with Gasteiger partial charge in [-0.2, -0.15) is 5.26 Å². The van der Waals surface area contributed by atoms with Crippen molar-refractivity contribution in [2.45, 2.75) is 6.43 Å². The Morgan fingerprint density at radius 3 is 2.69 bits per heavy atom. The Bertz CT molecular complexity index is 375. The van der Waals surface area contributed by atoms with Crippen LogP contribution in [0.4, 0.5) is 8.78 Å². The molecule has 68 valence electrons. The Kier molecular flexibility index (Phi) is 3.39. The van der Waals surface area contributed by atoms with Crippen molar-refractivity contribution in [3.8, 4) is 6.07 Å². The number of rotatable bonds is 1. The Hall–Kier alpha value is -0.480. The molecule has 0 saturated heterocycles. The average molecular weight is 314 g/mol. The van der Waals surface area contributed by atoms with Gasteiger partial charge in [0.25, 0.3) is 6.43 Å². The summed E-state index contributed by atoms with van der Waals surface area (Å²) < 4.78 is 24.8. The lowest BCUT2D eigenvalue weighted by molar-refractivity contribution is 0.150. The number of pyridine rings is 1. The second-order valence-electron chi connectivity index (χ2n) is 2.11. The predicted octanol–water partition coefficient (Wildman–Crippen LogP) is 3.15. The summed E-state index contributed by atoms with van der Waals surface area (Å²) in [5.41, 5.74) is -0.480. The van der Waals surface area contributed by atoms with Crippen LogP contribution in [0.25, 0.3) is 0 Å². The molecule has 0 aliphatic carbocycles. The van der Waals surface area contributed by atoms with Crippen molar-refractivity contribution in [2.75, 3.05) is 0 Å². The van der Waals surface area contributed by atoms with E-state index in [-0.39, 0.29) is 19.9 Å². The van der Waals surface area contributed by atoms with Gasteiger partial charge in [-0.15, -0.1) is 0 Å². The number of halogens is 4. The number of nitrogens with zero attached hydrogens (tertiary/aromatic N) is 2.